The molecule has 1 aromatic rings. The number of halogens is 1. The molecule has 0 saturated heterocycles. The fourth-order valence-corrected chi connectivity index (χ4v) is 1.75. The number of carbonyl (C=O) groups excluding carboxylic acids is 1. The monoisotopic (exact) mass is 329 g/mol. The average molecular weight is 330 g/mol. The number of nitrogen functional groups attached to an aromatic ring is 1. The molecule has 0 spiro atoms. The van der Waals surface area contributed by atoms with Gasteiger partial charge >= 0.3 is 0 Å². The van der Waals surface area contributed by atoms with Crippen molar-refractivity contribution in [1.29, 1.82) is 0 Å². The fraction of sp³-hybridized carbons (Fsp3) is 0.462. The number of likely N-dealkylation sites (N-methyl/N-ethyl adjacent to an activating group) is 1. The van der Waals surface area contributed by atoms with Crippen LogP contribution in [0, 0.1) is 0 Å². The number of nitrogens with one attached hydrogen (secondary N) is 1. The lowest BCUT2D eigenvalue weighted by molar-refractivity contribution is 0.0947. The molecule has 0 aliphatic carbocycles. The van der Waals surface area contributed by atoms with E-state index in [1.807, 2.05) is 7.05 Å². The van der Waals surface area contributed by atoms with Crippen molar-refractivity contribution in [3.63, 3.8) is 0 Å². The zero-order chi connectivity index (χ0) is 14.3. The Labute approximate surface area is 122 Å². The van der Waals surface area contributed by atoms with Gasteiger partial charge in [-0.1, -0.05) is 0 Å². The van der Waals surface area contributed by atoms with Crippen molar-refractivity contribution in [3.8, 4) is 0 Å². The topological polar surface area (TPSA) is 67.6 Å². The molecule has 6 heteroatoms. The standard InChI is InChI=1S/C13H20BrN3O2/c1-17(7-8-19-2)6-5-16-13(18)10-3-4-11(14)12(15)9-10/h3-4,9H,5-8,15H2,1-2H3,(H,16,18). The lowest BCUT2D eigenvalue weighted by Crippen LogP contribution is -2.34. The van der Waals surface area contributed by atoms with E-state index in [0.29, 0.717) is 24.4 Å². The molecule has 0 aromatic heterocycles. The van der Waals surface area contributed by atoms with Gasteiger partial charge in [0.05, 0.1) is 6.61 Å². The maximum atomic E-state index is 11.9. The van der Waals surface area contributed by atoms with Crippen LogP contribution < -0.4 is 11.1 Å². The summed E-state index contributed by atoms with van der Waals surface area (Å²) >= 11 is 3.30. The van der Waals surface area contributed by atoms with Gasteiger partial charge in [0.15, 0.2) is 0 Å². The quantitative estimate of drug-likeness (QED) is 0.741. The van der Waals surface area contributed by atoms with Gasteiger partial charge < -0.3 is 20.7 Å². The van der Waals surface area contributed by atoms with Gasteiger partial charge in [0, 0.05) is 42.5 Å². The number of nitrogens with zero attached hydrogens (tertiary/aromatic N) is 1. The minimum absolute atomic E-state index is 0.112. The molecular weight excluding hydrogens is 310 g/mol. The molecule has 19 heavy (non-hydrogen) atoms. The van der Waals surface area contributed by atoms with E-state index < -0.39 is 0 Å². The fourth-order valence-electron chi connectivity index (χ4n) is 1.51. The molecule has 0 radical (unpaired) electrons. The van der Waals surface area contributed by atoms with E-state index in [9.17, 15) is 4.79 Å². The van der Waals surface area contributed by atoms with Gasteiger partial charge in [-0.05, 0) is 41.2 Å². The number of rotatable bonds is 7. The van der Waals surface area contributed by atoms with Gasteiger partial charge in [0.1, 0.15) is 0 Å². The molecule has 0 unspecified atom stereocenters. The molecule has 5 nitrogen and oxygen atoms in total. The number of carbonyl (C=O) groups is 1. The number of hydrogen-bond donors (Lipinski definition) is 2. The average Bonchev–Trinajstić information content (AvgIpc) is 2.39. The second-order valence-corrected chi connectivity index (χ2v) is 5.14. The van der Waals surface area contributed by atoms with Crippen molar-refractivity contribution in [3.05, 3.63) is 28.2 Å². The third-order valence-electron chi connectivity index (χ3n) is 2.71. The first-order valence-electron chi connectivity index (χ1n) is 6.05. The van der Waals surface area contributed by atoms with Crippen molar-refractivity contribution < 1.29 is 9.53 Å². The SMILES string of the molecule is COCCN(C)CCNC(=O)c1ccc(Br)c(N)c1. The van der Waals surface area contributed by atoms with Gasteiger partial charge in [-0.25, -0.2) is 0 Å². The van der Waals surface area contributed by atoms with Crippen molar-refractivity contribution >= 4 is 27.5 Å². The van der Waals surface area contributed by atoms with Crippen molar-refractivity contribution in [2.24, 2.45) is 0 Å². The first-order valence-corrected chi connectivity index (χ1v) is 6.84. The molecule has 0 fully saturated rings. The highest BCUT2D eigenvalue weighted by molar-refractivity contribution is 9.10. The van der Waals surface area contributed by atoms with E-state index >= 15 is 0 Å². The molecule has 3 N–H and O–H groups in total. The second kappa shape index (κ2) is 8.14. The van der Waals surface area contributed by atoms with E-state index in [2.05, 4.69) is 26.1 Å². The highest BCUT2D eigenvalue weighted by atomic mass is 79.9. The zero-order valence-corrected chi connectivity index (χ0v) is 12.9. The lowest BCUT2D eigenvalue weighted by atomic mass is 10.2. The summed E-state index contributed by atoms with van der Waals surface area (Å²) in [6, 6.07) is 5.17. The van der Waals surface area contributed by atoms with E-state index in [-0.39, 0.29) is 5.91 Å². The van der Waals surface area contributed by atoms with E-state index in [0.717, 1.165) is 17.6 Å². The van der Waals surface area contributed by atoms with Gasteiger partial charge in [0.2, 0.25) is 0 Å². The van der Waals surface area contributed by atoms with Crippen LogP contribution in [0.3, 0.4) is 0 Å². The van der Waals surface area contributed by atoms with Crippen LogP contribution in [0.2, 0.25) is 0 Å². The molecular formula is C13H20BrN3O2. The number of nitrogens with two attached hydrogens (primary N) is 1. The molecule has 0 saturated carbocycles. The Balaban J connectivity index is 2.37. The van der Waals surface area contributed by atoms with Crippen LogP contribution in [-0.2, 0) is 4.74 Å². The van der Waals surface area contributed by atoms with Gasteiger partial charge in [-0.15, -0.1) is 0 Å². The van der Waals surface area contributed by atoms with E-state index in [1.165, 1.54) is 0 Å². The normalized spacial score (nSPS) is 10.7. The van der Waals surface area contributed by atoms with Crippen LogP contribution >= 0.6 is 15.9 Å². The Kier molecular flexibility index (Phi) is 6.83. The maximum absolute atomic E-state index is 11.9. The van der Waals surface area contributed by atoms with Crippen LogP contribution in [0.5, 0.6) is 0 Å². The van der Waals surface area contributed by atoms with Crippen LogP contribution in [0.4, 0.5) is 5.69 Å². The van der Waals surface area contributed by atoms with E-state index in [4.69, 9.17) is 10.5 Å². The zero-order valence-electron chi connectivity index (χ0n) is 11.3. The Morgan fingerprint density at radius 3 is 2.84 bits per heavy atom. The molecule has 0 aliphatic rings. The molecule has 0 atom stereocenters. The van der Waals surface area contributed by atoms with Gasteiger partial charge in [-0.3, -0.25) is 4.79 Å². The molecule has 0 aliphatic heterocycles. The van der Waals surface area contributed by atoms with Crippen LogP contribution in [-0.4, -0.2) is 51.2 Å². The van der Waals surface area contributed by atoms with Crippen LogP contribution in [0.15, 0.2) is 22.7 Å². The Morgan fingerprint density at radius 1 is 1.47 bits per heavy atom. The third-order valence-corrected chi connectivity index (χ3v) is 3.44. The summed E-state index contributed by atoms with van der Waals surface area (Å²) in [7, 11) is 3.66. The number of amides is 1. The second-order valence-electron chi connectivity index (χ2n) is 4.29. The first kappa shape index (κ1) is 15.9. The molecule has 106 valence electrons. The first-order chi connectivity index (χ1) is 9.04. The molecule has 1 rings (SSSR count). The summed E-state index contributed by atoms with van der Waals surface area (Å²) in [5.74, 6) is -0.112. The largest absolute Gasteiger partial charge is 0.398 e. The number of benzene rings is 1. The van der Waals surface area contributed by atoms with Gasteiger partial charge in [0.25, 0.3) is 5.91 Å². The summed E-state index contributed by atoms with van der Waals surface area (Å²) in [4.78, 5) is 14.0. The minimum Gasteiger partial charge on any atom is -0.398 e. The number of ether oxygens (including phenoxy) is 1. The highest BCUT2D eigenvalue weighted by Crippen LogP contribution is 2.19. The van der Waals surface area contributed by atoms with Crippen molar-refractivity contribution in [1.82, 2.24) is 10.2 Å². The highest BCUT2D eigenvalue weighted by Gasteiger charge is 2.07. The summed E-state index contributed by atoms with van der Waals surface area (Å²) in [6.07, 6.45) is 0. The minimum atomic E-state index is -0.112. The predicted octanol–water partition coefficient (Wildman–Crippen LogP) is 1.34. The van der Waals surface area contributed by atoms with Crippen LogP contribution in [0.1, 0.15) is 10.4 Å². The molecule has 0 bridgehead atoms. The van der Waals surface area contributed by atoms with E-state index in [1.54, 1.807) is 25.3 Å². The van der Waals surface area contributed by atoms with Crippen molar-refractivity contribution in [2.75, 3.05) is 46.1 Å². The Bertz CT molecular complexity index is 426. The smallest absolute Gasteiger partial charge is 0.251 e. The Morgan fingerprint density at radius 2 is 2.21 bits per heavy atom. The van der Waals surface area contributed by atoms with Gasteiger partial charge in [-0.2, -0.15) is 0 Å². The molecule has 1 aromatic carbocycles. The summed E-state index contributed by atoms with van der Waals surface area (Å²) in [6.45, 7) is 2.90. The third kappa shape index (κ3) is 5.59. The summed E-state index contributed by atoms with van der Waals surface area (Å²) < 4.78 is 5.78. The number of methoxy groups -OCH3 is 1. The summed E-state index contributed by atoms with van der Waals surface area (Å²) in [5, 5.41) is 2.86. The molecule has 1 amide bonds. The summed E-state index contributed by atoms with van der Waals surface area (Å²) in [5.41, 5.74) is 6.87. The maximum Gasteiger partial charge on any atom is 0.251 e. The number of hydrogen-bond acceptors (Lipinski definition) is 4. The Hall–Kier alpha value is -1.11. The predicted molar refractivity (Wildman–Crippen MR) is 80.3 cm³/mol. The lowest BCUT2D eigenvalue weighted by Gasteiger charge is -2.16. The molecule has 0 heterocycles. The van der Waals surface area contributed by atoms with Crippen molar-refractivity contribution in [2.45, 2.75) is 0 Å². The van der Waals surface area contributed by atoms with Crippen LogP contribution in [0.25, 0.3) is 0 Å². The number of anilines is 1.